The van der Waals surface area contributed by atoms with E-state index < -0.39 is 30.0 Å². The first-order chi connectivity index (χ1) is 10.1. The molecule has 1 saturated heterocycles. The predicted molar refractivity (Wildman–Crippen MR) is 76.9 cm³/mol. The van der Waals surface area contributed by atoms with Crippen molar-refractivity contribution in [1.29, 1.82) is 0 Å². The van der Waals surface area contributed by atoms with Gasteiger partial charge < -0.3 is 15.2 Å². The van der Waals surface area contributed by atoms with Gasteiger partial charge in [-0.3, -0.25) is 9.59 Å². The molecule has 2 bridgehead atoms. The van der Waals surface area contributed by atoms with Gasteiger partial charge in [-0.2, -0.15) is 0 Å². The minimum absolute atomic E-state index is 0.302. The number of ether oxygens (including phenoxy) is 1. The summed E-state index contributed by atoms with van der Waals surface area (Å²) in [5.74, 6) is -2.78. The van der Waals surface area contributed by atoms with Crippen LogP contribution in [0.4, 0.5) is 5.69 Å². The first-order valence-electron chi connectivity index (χ1n) is 7.06. The zero-order chi connectivity index (χ0) is 15.0. The summed E-state index contributed by atoms with van der Waals surface area (Å²) in [6.07, 6.45) is 3.50. The highest BCUT2D eigenvalue weighted by atomic mass is 16.5. The maximum atomic E-state index is 12.4. The van der Waals surface area contributed by atoms with Gasteiger partial charge in [-0.05, 0) is 24.1 Å². The normalized spacial score (nSPS) is 29.6. The zero-order valence-corrected chi connectivity index (χ0v) is 11.7. The van der Waals surface area contributed by atoms with Crippen molar-refractivity contribution in [2.75, 3.05) is 5.32 Å². The Bertz CT molecular complexity index is 593. The molecular formula is C16H17NO4. The van der Waals surface area contributed by atoms with Crippen LogP contribution in [0.3, 0.4) is 0 Å². The van der Waals surface area contributed by atoms with Gasteiger partial charge in [0.1, 0.15) is 5.92 Å². The number of carbonyl (C=O) groups excluding carboxylic acids is 1. The molecule has 2 N–H and O–H groups in total. The molecule has 5 nitrogen and oxygen atoms in total. The third-order valence-electron chi connectivity index (χ3n) is 4.12. The van der Waals surface area contributed by atoms with Crippen molar-refractivity contribution in [3.05, 3.63) is 42.0 Å². The molecule has 0 radical (unpaired) electrons. The van der Waals surface area contributed by atoms with Gasteiger partial charge in [0.2, 0.25) is 5.91 Å². The van der Waals surface area contributed by atoms with Crippen molar-refractivity contribution >= 4 is 17.6 Å². The molecule has 2 aliphatic heterocycles. The highest BCUT2D eigenvalue weighted by molar-refractivity contribution is 5.96. The number of hydrogen-bond donors (Lipinski definition) is 2. The Morgan fingerprint density at radius 1 is 1.14 bits per heavy atom. The second-order valence-electron chi connectivity index (χ2n) is 5.38. The van der Waals surface area contributed by atoms with E-state index in [-0.39, 0.29) is 5.91 Å². The van der Waals surface area contributed by atoms with Crippen LogP contribution in [0, 0.1) is 11.8 Å². The Morgan fingerprint density at radius 3 is 2.33 bits per heavy atom. The van der Waals surface area contributed by atoms with Gasteiger partial charge in [-0.25, -0.2) is 0 Å². The lowest BCUT2D eigenvalue weighted by molar-refractivity contribution is -0.145. The van der Waals surface area contributed by atoms with Gasteiger partial charge in [0.15, 0.2) is 0 Å². The van der Waals surface area contributed by atoms with Gasteiger partial charge in [-0.15, -0.1) is 0 Å². The minimum atomic E-state index is -0.992. The van der Waals surface area contributed by atoms with Crippen molar-refractivity contribution in [3.63, 3.8) is 0 Å². The first kappa shape index (κ1) is 13.8. The van der Waals surface area contributed by atoms with Crippen LogP contribution in [-0.2, 0) is 20.7 Å². The van der Waals surface area contributed by atoms with Crippen LogP contribution in [0.15, 0.2) is 36.4 Å². The quantitative estimate of drug-likeness (QED) is 0.829. The summed E-state index contributed by atoms with van der Waals surface area (Å²) in [5.41, 5.74) is 1.86. The van der Waals surface area contributed by atoms with E-state index in [1.807, 2.05) is 24.3 Å². The maximum absolute atomic E-state index is 12.4. The van der Waals surface area contributed by atoms with Gasteiger partial charge in [-0.1, -0.05) is 31.2 Å². The van der Waals surface area contributed by atoms with Crippen molar-refractivity contribution in [2.45, 2.75) is 25.6 Å². The summed E-state index contributed by atoms with van der Waals surface area (Å²) >= 11 is 0. The van der Waals surface area contributed by atoms with E-state index in [0.29, 0.717) is 5.69 Å². The molecule has 0 aliphatic carbocycles. The van der Waals surface area contributed by atoms with E-state index in [0.717, 1.165) is 6.42 Å². The second kappa shape index (κ2) is 5.33. The van der Waals surface area contributed by atoms with Crippen molar-refractivity contribution in [3.8, 4) is 0 Å². The Morgan fingerprint density at radius 2 is 1.76 bits per heavy atom. The zero-order valence-electron chi connectivity index (χ0n) is 11.7. The molecule has 3 rings (SSSR count). The Labute approximate surface area is 122 Å². The molecule has 1 aromatic rings. The summed E-state index contributed by atoms with van der Waals surface area (Å²) < 4.78 is 5.50. The molecule has 5 heteroatoms. The van der Waals surface area contributed by atoms with E-state index in [1.54, 1.807) is 12.2 Å². The van der Waals surface area contributed by atoms with Gasteiger partial charge >= 0.3 is 5.97 Å². The second-order valence-corrected chi connectivity index (χ2v) is 5.38. The fourth-order valence-corrected chi connectivity index (χ4v) is 2.96. The topological polar surface area (TPSA) is 75.6 Å². The number of rotatable bonds is 4. The summed E-state index contributed by atoms with van der Waals surface area (Å²) in [4.78, 5) is 23.7. The fourth-order valence-electron chi connectivity index (χ4n) is 2.96. The summed E-state index contributed by atoms with van der Waals surface area (Å²) in [6.45, 7) is 2.06. The lowest BCUT2D eigenvalue weighted by Gasteiger charge is -2.21. The third-order valence-corrected chi connectivity index (χ3v) is 4.12. The van der Waals surface area contributed by atoms with Crippen molar-refractivity contribution in [2.24, 2.45) is 11.8 Å². The fraction of sp³-hybridized carbons (Fsp3) is 0.375. The number of aliphatic carboxylic acids is 1. The van der Waals surface area contributed by atoms with Crippen LogP contribution in [0.2, 0.25) is 0 Å². The van der Waals surface area contributed by atoms with Crippen LogP contribution in [0.25, 0.3) is 0 Å². The molecule has 1 fully saturated rings. The summed E-state index contributed by atoms with van der Waals surface area (Å²) in [6, 6.07) is 7.55. The van der Waals surface area contributed by atoms with Gasteiger partial charge in [0.25, 0.3) is 0 Å². The Hall–Kier alpha value is -2.14. The van der Waals surface area contributed by atoms with Crippen LogP contribution < -0.4 is 5.32 Å². The minimum Gasteiger partial charge on any atom is -0.481 e. The largest absolute Gasteiger partial charge is 0.481 e. The van der Waals surface area contributed by atoms with Crippen molar-refractivity contribution in [1.82, 2.24) is 0 Å². The molecule has 0 saturated carbocycles. The number of hydrogen-bond acceptors (Lipinski definition) is 3. The number of fused-ring (bicyclic) bond motifs is 2. The van der Waals surface area contributed by atoms with Crippen LogP contribution in [0.5, 0.6) is 0 Å². The van der Waals surface area contributed by atoms with E-state index in [4.69, 9.17) is 4.74 Å². The number of benzene rings is 1. The van der Waals surface area contributed by atoms with E-state index in [1.165, 1.54) is 5.56 Å². The number of aryl methyl sites for hydroxylation is 1. The predicted octanol–water partition coefficient (Wildman–Crippen LogP) is 1.84. The maximum Gasteiger partial charge on any atom is 0.310 e. The number of carboxylic acid groups (broad SMARTS) is 1. The van der Waals surface area contributed by atoms with Crippen molar-refractivity contribution < 1.29 is 19.4 Å². The molecule has 21 heavy (non-hydrogen) atoms. The Balaban J connectivity index is 1.75. The molecular weight excluding hydrogens is 270 g/mol. The molecule has 1 amide bonds. The summed E-state index contributed by atoms with van der Waals surface area (Å²) in [5, 5.41) is 12.1. The van der Waals surface area contributed by atoms with Crippen LogP contribution in [0.1, 0.15) is 12.5 Å². The molecule has 0 aromatic heterocycles. The third kappa shape index (κ3) is 2.45. The van der Waals surface area contributed by atoms with Crippen LogP contribution >= 0.6 is 0 Å². The summed E-state index contributed by atoms with van der Waals surface area (Å²) in [7, 11) is 0. The van der Waals surface area contributed by atoms with E-state index in [2.05, 4.69) is 12.2 Å². The lowest BCUT2D eigenvalue weighted by atomic mass is 9.82. The standard InChI is InChI=1S/C16H17NO4/c1-2-9-3-5-10(6-4-9)17-15(18)13-11-7-8-12(21-11)14(13)16(19)20/h3-8,11-14H,2H2,1H3,(H,17,18)(H,19,20)/t11-,12-,13-,14-/m1/s1. The average Bonchev–Trinajstić information content (AvgIpc) is 3.08. The van der Waals surface area contributed by atoms with Gasteiger partial charge in [0.05, 0.1) is 18.1 Å². The Kier molecular flexibility index (Phi) is 3.51. The van der Waals surface area contributed by atoms with Crippen LogP contribution in [-0.4, -0.2) is 29.2 Å². The smallest absolute Gasteiger partial charge is 0.310 e. The SMILES string of the molecule is CCc1ccc(NC(=O)[C@H]2[C@H](C(=O)O)[C@H]3C=C[C@H]2O3)cc1. The number of carbonyl (C=O) groups is 2. The molecule has 110 valence electrons. The monoisotopic (exact) mass is 287 g/mol. The van der Waals surface area contributed by atoms with Gasteiger partial charge in [0, 0.05) is 5.69 Å². The first-order valence-corrected chi connectivity index (χ1v) is 7.06. The number of carboxylic acids is 1. The number of anilines is 1. The molecule has 2 heterocycles. The number of amides is 1. The average molecular weight is 287 g/mol. The highest BCUT2D eigenvalue weighted by Crippen LogP contribution is 2.39. The molecule has 2 aliphatic rings. The highest BCUT2D eigenvalue weighted by Gasteiger charge is 2.53. The molecule has 4 atom stereocenters. The lowest BCUT2D eigenvalue weighted by Crippen LogP contribution is -2.39. The van der Waals surface area contributed by atoms with E-state index >= 15 is 0 Å². The molecule has 0 unspecified atom stereocenters. The molecule has 0 spiro atoms. The van der Waals surface area contributed by atoms with E-state index in [9.17, 15) is 14.7 Å². The number of nitrogens with one attached hydrogen (secondary N) is 1. The molecule has 1 aromatic carbocycles.